The zero-order valence-corrected chi connectivity index (χ0v) is 16.5. The minimum Gasteiger partial charge on any atom is -0.330 e. The van der Waals surface area contributed by atoms with E-state index >= 15 is 0 Å². The van der Waals surface area contributed by atoms with Gasteiger partial charge in [-0.25, -0.2) is 4.98 Å². The Labute approximate surface area is 156 Å². The van der Waals surface area contributed by atoms with E-state index in [2.05, 4.69) is 10.3 Å². The van der Waals surface area contributed by atoms with Crippen molar-refractivity contribution in [2.45, 2.75) is 38.6 Å². The Bertz CT molecular complexity index is 710. The van der Waals surface area contributed by atoms with Gasteiger partial charge >= 0.3 is 0 Å². The maximum atomic E-state index is 12.5. The number of thioether (sulfide) groups is 1. The Morgan fingerprint density at radius 1 is 1.24 bits per heavy atom. The lowest BCUT2D eigenvalue weighted by molar-refractivity contribution is -0.134. The third kappa shape index (κ3) is 5.86. The van der Waals surface area contributed by atoms with Gasteiger partial charge in [-0.3, -0.25) is 9.59 Å². The molecule has 1 N–H and O–H groups in total. The van der Waals surface area contributed by atoms with Crippen LogP contribution in [-0.2, 0) is 9.59 Å². The van der Waals surface area contributed by atoms with E-state index in [1.54, 1.807) is 4.90 Å². The van der Waals surface area contributed by atoms with E-state index < -0.39 is 0 Å². The summed E-state index contributed by atoms with van der Waals surface area (Å²) in [5, 5.41) is 3.36. The van der Waals surface area contributed by atoms with Gasteiger partial charge in [-0.05, 0) is 39.8 Å². The summed E-state index contributed by atoms with van der Waals surface area (Å²) in [5.74, 6) is 0.0382. The molecule has 0 fully saturated rings. The minimum atomic E-state index is -0.222. The zero-order chi connectivity index (χ0) is 18.4. The van der Waals surface area contributed by atoms with Crippen molar-refractivity contribution in [2.75, 3.05) is 17.6 Å². The number of aryl methyl sites for hydroxylation is 2. The van der Waals surface area contributed by atoms with Crippen molar-refractivity contribution in [1.82, 2.24) is 9.88 Å². The second kappa shape index (κ2) is 9.01. The number of aromatic nitrogens is 1. The van der Waals surface area contributed by atoms with Crippen molar-refractivity contribution in [3.63, 3.8) is 0 Å². The molecule has 0 radical (unpaired) electrons. The van der Waals surface area contributed by atoms with Crippen LogP contribution in [-0.4, -0.2) is 40.0 Å². The predicted molar refractivity (Wildman–Crippen MR) is 104 cm³/mol. The molecule has 0 spiro atoms. The van der Waals surface area contributed by atoms with E-state index in [9.17, 15) is 9.59 Å². The molecule has 0 aliphatic rings. The average Bonchev–Trinajstić information content (AvgIpc) is 2.88. The first kappa shape index (κ1) is 19.5. The molecule has 0 atom stereocenters. The van der Waals surface area contributed by atoms with Crippen molar-refractivity contribution in [2.24, 2.45) is 0 Å². The fourth-order valence-electron chi connectivity index (χ4n) is 2.14. The van der Waals surface area contributed by atoms with Crippen molar-refractivity contribution in [1.29, 1.82) is 0 Å². The summed E-state index contributed by atoms with van der Waals surface area (Å²) in [5.41, 5.74) is 0.913. The van der Waals surface area contributed by atoms with Gasteiger partial charge in [-0.1, -0.05) is 18.2 Å². The van der Waals surface area contributed by atoms with Crippen LogP contribution in [0, 0.1) is 13.8 Å². The largest absolute Gasteiger partial charge is 0.330 e. The number of rotatable bonds is 7. The molecule has 0 saturated heterocycles. The van der Waals surface area contributed by atoms with E-state index in [4.69, 9.17) is 0 Å². The molecule has 2 aromatic rings. The van der Waals surface area contributed by atoms with Crippen LogP contribution in [0.25, 0.3) is 0 Å². The highest BCUT2D eigenvalue weighted by Crippen LogP contribution is 2.21. The second-order valence-corrected chi connectivity index (χ2v) is 8.18. The molecule has 134 valence electrons. The highest BCUT2D eigenvalue weighted by Gasteiger charge is 2.21. The summed E-state index contributed by atoms with van der Waals surface area (Å²) in [6.07, 6.45) is 0. The summed E-state index contributed by atoms with van der Waals surface area (Å²) in [6.45, 7) is 7.73. The Morgan fingerprint density at radius 3 is 2.48 bits per heavy atom. The summed E-state index contributed by atoms with van der Waals surface area (Å²) >= 11 is 2.92. The molecule has 25 heavy (non-hydrogen) atoms. The van der Waals surface area contributed by atoms with Crippen molar-refractivity contribution in [3.05, 3.63) is 40.9 Å². The first-order chi connectivity index (χ1) is 11.9. The Morgan fingerprint density at radius 2 is 1.92 bits per heavy atom. The van der Waals surface area contributed by atoms with E-state index in [1.165, 1.54) is 23.1 Å². The maximum absolute atomic E-state index is 12.5. The van der Waals surface area contributed by atoms with Crippen LogP contribution in [0.15, 0.2) is 35.2 Å². The molecule has 2 amide bonds. The van der Waals surface area contributed by atoms with Gasteiger partial charge in [0.15, 0.2) is 5.13 Å². The standard InChI is InChI=1S/C18H23N3O2S2/c1-12(2)21(17(23)11-24-15-8-6-5-7-9-15)10-16(22)20-18-19-13(3)14(4)25-18/h5-9,12H,10-11H2,1-4H3,(H,19,20,22). The third-order valence-electron chi connectivity index (χ3n) is 3.64. The van der Waals surface area contributed by atoms with Crippen LogP contribution in [0.2, 0.25) is 0 Å². The molecule has 0 aliphatic carbocycles. The van der Waals surface area contributed by atoms with Crippen molar-refractivity contribution in [3.8, 4) is 0 Å². The zero-order valence-electron chi connectivity index (χ0n) is 14.9. The Balaban J connectivity index is 1.92. The summed E-state index contributed by atoms with van der Waals surface area (Å²) in [6, 6.07) is 9.72. The molecule has 0 saturated carbocycles. The van der Waals surface area contributed by atoms with Crippen molar-refractivity contribution >= 4 is 40.0 Å². The number of benzene rings is 1. The molecule has 0 bridgehead atoms. The van der Waals surface area contributed by atoms with Gasteiger partial charge < -0.3 is 10.2 Å². The maximum Gasteiger partial charge on any atom is 0.245 e. The highest BCUT2D eigenvalue weighted by molar-refractivity contribution is 8.00. The third-order valence-corrected chi connectivity index (χ3v) is 5.62. The van der Waals surface area contributed by atoms with Crippen LogP contribution < -0.4 is 5.32 Å². The number of anilines is 1. The van der Waals surface area contributed by atoms with Crippen LogP contribution in [0.4, 0.5) is 5.13 Å². The fourth-order valence-corrected chi connectivity index (χ4v) is 3.78. The van der Waals surface area contributed by atoms with Crippen LogP contribution >= 0.6 is 23.1 Å². The van der Waals surface area contributed by atoms with Gasteiger partial charge in [-0.15, -0.1) is 23.1 Å². The predicted octanol–water partition coefficient (Wildman–Crippen LogP) is 3.73. The lowest BCUT2D eigenvalue weighted by atomic mass is 10.3. The molecule has 0 unspecified atom stereocenters. The first-order valence-electron chi connectivity index (χ1n) is 8.08. The lowest BCUT2D eigenvalue weighted by Crippen LogP contribution is -2.43. The van der Waals surface area contributed by atoms with Crippen molar-refractivity contribution < 1.29 is 9.59 Å². The summed E-state index contributed by atoms with van der Waals surface area (Å²) < 4.78 is 0. The van der Waals surface area contributed by atoms with Gasteiger partial charge in [0.05, 0.1) is 11.4 Å². The molecule has 5 nitrogen and oxygen atoms in total. The normalized spacial score (nSPS) is 10.8. The second-order valence-electron chi connectivity index (χ2n) is 5.93. The molecular weight excluding hydrogens is 354 g/mol. The molecule has 0 aliphatic heterocycles. The number of carbonyl (C=O) groups is 2. The number of carbonyl (C=O) groups excluding carboxylic acids is 2. The molecular formula is C18H23N3O2S2. The van der Waals surface area contributed by atoms with Crippen LogP contribution in [0.3, 0.4) is 0 Å². The van der Waals surface area contributed by atoms with E-state index in [1.807, 2.05) is 58.0 Å². The quantitative estimate of drug-likeness (QED) is 0.747. The van der Waals surface area contributed by atoms with Gasteiger partial charge in [0.25, 0.3) is 0 Å². The van der Waals surface area contributed by atoms with E-state index in [0.29, 0.717) is 10.9 Å². The van der Waals surface area contributed by atoms with Crippen LogP contribution in [0.1, 0.15) is 24.4 Å². The Hall–Kier alpha value is -1.86. The fraction of sp³-hybridized carbons (Fsp3) is 0.389. The number of thiazole rings is 1. The van der Waals surface area contributed by atoms with Gasteiger partial charge in [-0.2, -0.15) is 0 Å². The Kier molecular flexibility index (Phi) is 7.01. The SMILES string of the molecule is Cc1nc(NC(=O)CN(C(=O)CSc2ccccc2)C(C)C)sc1C. The average molecular weight is 378 g/mol. The highest BCUT2D eigenvalue weighted by atomic mass is 32.2. The first-order valence-corrected chi connectivity index (χ1v) is 9.88. The van der Waals surface area contributed by atoms with Gasteiger partial charge in [0.1, 0.15) is 6.54 Å². The number of nitrogens with one attached hydrogen (secondary N) is 1. The topological polar surface area (TPSA) is 62.3 Å². The van der Waals surface area contributed by atoms with Gasteiger partial charge in [0, 0.05) is 15.8 Å². The van der Waals surface area contributed by atoms with Gasteiger partial charge in [0.2, 0.25) is 11.8 Å². The lowest BCUT2D eigenvalue weighted by Gasteiger charge is -2.25. The molecule has 7 heteroatoms. The molecule has 1 aromatic carbocycles. The number of nitrogens with zero attached hydrogens (tertiary/aromatic N) is 2. The number of hydrogen-bond donors (Lipinski definition) is 1. The minimum absolute atomic E-state index is 0.0313. The van der Waals surface area contributed by atoms with E-state index in [-0.39, 0.29) is 24.4 Å². The smallest absolute Gasteiger partial charge is 0.245 e. The molecule has 1 aromatic heterocycles. The summed E-state index contributed by atoms with van der Waals surface area (Å²) in [4.78, 5) is 32.8. The number of amides is 2. The van der Waals surface area contributed by atoms with E-state index in [0.717, 1.165) is 15.5 Å². The monoisotopic (exact) mass is 377 g/mol. The summed E-state index contributed by atoms with van der Waals surface area (Å²) in [7, 11) is 0. The molecule has 2 rings (SSSR count). The van der Waals surface area contributed by atoms with Crippen LogP contribution in [0.5, 0.6) is 0 Å². The molecule has 1 heterocycles. The number of hydrogen-bond acceptors (Lipinski definition) is 5.